The second-order valence-corrected chi connectivity index (χ2v) is 3.98. The molecule has 2 N–H and O–H groups in total. The average Bonchev–Trinajstić information content (AvgIpc) is 2.26. The van der Waals surface area contributed by atoms with E-state index in [1.54, 1.807) is 0 Å². The molecule has 88 valence electrons. The molecule has 3 heteroatoms. The van der Waals surface area contributed by atoms with E-state index in [-0.39, 0.29) is 12.1 Å². The number of carbonyl (C=O) groups excluding carboxylic acids is 1. The number of nitrogens with one attached hydrogen (secondary N) is 2. The van der Waals surface area contributed by atoms with E-state index in [1.807, 2.05) is 32.0 Å². The molecule has 1 aromatic rings. The van der Waals surface area contributed by atoms with Crippen LogP contribution in [0.3, 0.4) is 0 Å². The van der Waals surface area contributed by atoms with Crippen LogP contribution in [0.25, 0.3) is 0 Å². The van der Waals surface area contributed by atoms with Crippen molar-refractivity contribution in [2.24, 2.45) is 0 Å². The number of carbonyl (C=O) groups is 1. The van der Waals surface area contributed by atoms with E-state index in [0.717, 1.165) is 12.0 Å². The van der Waals surface area contributed by atoms with Gasteiger partial charge in [0.25, 0.3) is 0 Å². The molecule has 0 saturated carbocycles. The summed E-state index contributed by atoms with van der Waals surface area (Å²) in [7, 11) is 0. The minimum Gasteiger partial charge on any atom is -0.338 e. The minimum absolute atomic E-state index is 0.0399. The third-order valence-corrected chi connectivity index (χ3v) is 2.54. The average molecular weight is 220 g/mol. The third kappa shape index (κ3) is 3.57. The van der Waals surface area contributed by atoms with E-state index in [1.165, 1.54) is 5.56 Å². The summed E-state index contributed by atoms with van der Waals surface area (Å²) in [5, 5.41) is 5.72. The van der Waals surface area contributed by atoms with Gasteiger partial charge in [-0.25, -0.2) is 4.79 Å². The van der Waals surface area contributed by atoms with Crippen LogP contribution in [0.2, 0.25) is 0 Å². The van der Waals surface area contributed by atoms with E-state index in [4.69, 9.17) is 0 Å². The van der Waals surface area contributed by atoms with Gasteiger partial charge in [0.2, 0.25) is 0 Å². The number of hydrogen-bond acceptors (Lipinski definition) is 1. The predicted octanol–water partition coefficient (Wildman–Crippen LogP) is 2.77. The van der Waals surface area contributed by atoms with Crippen molar-refractivity contribution in [1.29, 1.82) is 0 Å². The lowest BCUT2D eigenvalue weighted by atomic mass is 10.0. The molecule has 0 saturated heterocycles. The summed E-state index contributed by atoms with van der Waals surface area (Å²) in [4.78, 5) is 11.5. The highest BCUT2D eigenvalue weighted by Gasteiger charge is 2.10. The van der Waals surface area contributed by atoms with Crippen LogP contribution < -0.4 is 10.6 Å². The van der Waals surface area contributed by atoms with Gasteiger partial charge in [0.1, 0.15) is 0 Å². The first-order chi connectivity index (χ1) is 7.65. The molecule has 3 nitrogen and oxygen atoms in total. The number of aryl methyl sites for hydroxylation is 1. The molecule has 16 heavy (non-hydrogen) atoms. The smallest absolute Gasteiger partial charge is 0.315 e. The van der Waals surface area contributed by atoms with Crippen molar-refractivity contribution >= 4 is 6.03 Å². The monoisotopic (exact) mass is 220 g/mol. The van der Waals surface area contributed by atoms with Crippen LogP contribution in [0.1, 0.15) is 37.4 Å². The molecule has 2 amide bonds. The molecule has 1 rings (SSSR count). The van der Waals surface area contributed by atoms with E-state index < -0.39 is 0 Å². The zero-order valence-corrected chi connectivity index (χ0v) is 10.2. The molecule has 0 bridgehead atoms. The normalized spacial score (nSPS) is 11.9. The molecule has 0 aliphatic carbocycles. The molecule has 0 fully saturated rings. The van der Waals surface area contributed by atoms with E-state index in [2.05, 4.69) is 23.6 Å². The molecule has 1 atom stereocenters. The zero-order valence-electron chi connectivity index (χ0n) is 10.2. The van der Waals surface area contributed by atoms with Crippen LogP contribution in [0.4, 0.5) is 4.79 Å². The Morgan fingerprint density at radius 1 is 1.38 bits per heavy atom. The highest BCUT2D eigenvalue weighted by atomic mass is 16.2. The summed E-state index contributed by atoms with van der Waals surface area (Å²) >= 11 is 0. The first-order valence-electron chi connectivity index (χ1n) is 5.75. The summed E-state index contributed by atoms with van der Waals surface area (Å²) in [6.07, 6.45) is 0.951. The maximum atomic E-state index is 11.5. The van der Waals surface area contributed by atoms with Crippen LogP contribution in [0.15, 0.2) is 24.3 Å². The Hall–Kier alpha value is -1.51. The molecule has 0 aromatic heterocycles. The Morgan fingerprint density at radius 2 is 2.06 bits per heavy atom. The Kier molecular flexibility index (Phi) is 4.83. The lowest BCUT2D eigenvalue weighted by molar-refractivity contribution is 0.238. The predicted molar refractivity (Wildman–Crippen MR) is 66.4 cm³/mol. The van der Waals surface area contributed by atoms with Crippen molar-refractivity contribution in [3.8, 4) is 0 Å². The topological polar surface area (TPSA) is 41.1 Å². The van der Waals surface area contributed by atoms with Gasteiger partial charge < -0.3 is 10.6 Å². The molecule has 0 radical (unpaired) electrons. The van der Waals surface area contributed by atoms with Gasteiger partial charge in [-0.1, -0.05) is 31.2 Å². The van der Waals surface area contributed by atoms with Crippen molar-refractivity contribution in [2.75, 3.05) is 6.54 Å². The fraction of sp³-hybridized carbons (Fsp3) is 0.462. The highest BCUT2D eigenvalue weighted by Crippen LogP contribution is 2.16. The Morgan fingerprint density at radius 3 is 2.69 bits per heavy atom. The molecular weight excluding hydrogens is 200 g/mol. The molecule has 0 aliphatic rings. The maximum Gasteiger partial charge on any atom is 0.315 e. The third-order valence-electron chi connectivity index (χ3n) is 2.54. The Balaban J connectivity index is 2.55. The molecular formula is C13H20N2O. The van der Waals surface area contributed by atoms with Crippen molar-refractivity contribution in [1.82, 2.24) is 10.6 Å². The van der Waals surface area contributed by atoms with Crippen molar-refractivity contribution in [3.63, 3.8) is 0 Å². The highest BCUT2D eigenvalue weighted by molar-refractivity contribution is 5.74. The number of amides is 2. The van der Waals surface area contributed by atoms with Gasteiger partial charge in [0.05, 0.1) is 6.04 Å². The number of hydrogen-bond donors (Lipinski definition) is 2. The van der Waals surface area contributed by atoms with Crippen molar-refractivity contribution in [3.05, 3.63) is 35.4 Å². The lowest BCUT2D eigenvalue weighted by Gasteiger charge is -2.16. The van der Waals surface area contributed by atoms with Crippen LogP contribution in [-0.2, 0) is 0 Å². The quantitative estimate of drug-likeness (QED) is 0.805. The molecule has 0 aliphatic heterocycles. The second-order valence-electron chi connectivity index (χ2n) is 3.98. The largest absolute Gasteiger partial charge is 0.338 e. The van der Waals surface area contributed by atoms with Gasteiger partial charge >= 0.3 is 6.03 Å². The van der Waals surface area contributed by atoms with Crippen LogP contribution in [0.5, 0.6) is 0 Å². The number of rotatable bonds is 4. The summed E-state index contributed by atoms with van der Waals surface area (Å²) < 4.78 is 0. The van der Waals surface area contributed by atoms with E-state index in [9.17, 15) is 4.79 Å². The fourth-order valence-corrected chi connectivity index (χ4v) is 1.64. The van der Waals surface area contributed by atoms with Gasteiger partial charge in [-0.05, 0) is 31.4 Å². The van der Waals surface area contributed by atoms with Gasteiger partial charge in [-0.3, -0.25) is 0 Å². The van der Waals surface area contributed by atoms with Crippen LogP contribution in [0, 0.1) is 6.92 Å². The summed E-state index contributed by atoms with van der Waals surface area (Å²) in [5.74, 6) is 0. The summed E-state index contributed by atoms with van der Waals surface area (Å²) in [6.45, 7) is 6.79. The van der Waals surface area contributed by atoms with Crippen molar-refractivity contribution in [2.45, 2.75) is 33.2 Å². The first kappa shape index (κ1) is 12.6. The Bertz CT molecular complexity index is 350. The lowest BCUT2D eigenvalue weighted by Crippen LogP contribution is -2.37. The zero-order chi connectivity index (χ0) is 12.0. The maximum absolute atomic E-state index is 11.5. The van der Waals surface area contributed by atoms with Gasteiger partial charge in [-0.2, -0.15) is 0 Å². The van der Waals surface area contributed by atoms with Crippen LogP contribution in [-0.4, -0.2) is 12.6 Å². The number of benzene rings is 1. The summed E-state index contributed by atoms with van der Waals surface area (Å²) in [6, 6.07) is 8.03. The van der Waals surface area contributed by atoms with Gasteiger partial charge in [0.15, 0.2) is 0 Å². The van der Waals surface area contributed by atoms with E-state index in [0.29, 0.717) is 6.54 Å². The molecule has 1 aromatic carbocycles. The molecule has 0 spiro atoms. The molecule has 0 heterocycles. The van der Waals surface area contributed by atoms with Crippen LogP contribution >= 0.6 is 0 Å². The van der Waals surface area contributed by atoms with Crippen molar-refractivity contribution < 1.29 is 4.79 Å². The number of urea groups is 1. The Labute approximate surface area is 97.2 Å². The molecule has 1 unspecified atom stereocenters. The SMILES string of the molecule is CCCNC(=O)NC(C)c1ccccc1C. The second kappa shape index (κ2) is 6.16. The summed E-state index contributed by atoms with van der Waals surface area (Å²) in [5.41, 5.74) is 2.36. The van der Waals surface area contributed by atoms with Gasteiger partial charge in [0, 0.05) is 6.54 Å². The van der Waals surface area contributed by atoms with Gasteiger partial charge in [-0.15, -0.1) is 0 Å². The van der Waals surface area contributed by atoms with E-state index >= 15 is 0 Å². The first-order valence-corrected chi connectivity index (χ1v) is 5.75. The minimum atomic E-state index is -0.0994. The fourth-order valence-electron chi connectivity index (χ4n) is 1.64. The standard InChI is InChI=1S/C13H20N2O/c1-4-9-14-13(16)15-11(3)12-8-6-5-7-10(12)2/h5-8,11H,4,9H2,1-3H3,(H2,14,15,16).